The number of halogens is 8. The van der Waals surface area contributed by atoms with Gasteiger partial charge in [0.1, 0.15) is 13.1 Å². The largest absolute Gasteiger partial charge is 0.693 e. The van der Waals surface area contributed by atoms with Gasteiger partial charge < -0.3 is 82.5 Å². The molecular formula is C81H122Cl8N10O15Pt3S2. The molecular weight excluding hydrogens is 2290 g/mol. The van der Waals surface area contributed by atoms with E-state index in [-0.39, 0.29) is 107 Å². The Bertz CT molecular complexity index is 4110. The number of allylic oxidation sites excluding steroid dienone is 16. The van der Waals surface area contributed by atoms with Crippen molar-refractivity contribution in [3.8, 4) is 0 Å². The van der Waals surface area contributed by atoms with Crippen LogP contribution in [0.25, 0.3) is 36.9 Å². The monoisotopic (exact) mass is 2400 g/mol. The minimum atomic E-state index is -4.24. The molecule has 4 aliphatic heterocycles. The van der Waals surface area contributed by atoms with E-state index in [1.807, 2.05) is 24.3 Å². The average Bonchev–Trinajstić information content (AvgIpc) is 1.62. The number of carboxylic acid groups (broad SMARTS) is 2. The first-order chi connectivity index (χ1) is 51.7. The van der Waals surface area contributed by atoms with Crippen molar-refractivity contribution in [2.24, 2.45) is 0 Å². The molecule has 0 unspecified atom stereocenters. The molecule has 0 spiro atoms. The number of para-hydroxylation sites is 4. The van der Waals surface area contributed by atoms with Gasteiger partial charge in [-0.2, -0.15) is 9.15 Å². The summed E-state index contributed by atoms with van der Waals surface area (Å²) in [6, 6.07) is 33.7. The molecule has 119 heavy (non-hydrogen) atoms. The molecule has 38 heteroatoms. The molecule has 0 radical (unpaired) electrons. The number of unbranched alkanes of at least 4 members (excludes halogenated alkanes) is 6. The van der Waals surface area contributed by atoms with E-state index in [2.05, 4.69) is 196 Å². The molecule has 0 amide bonds. The summed E-state index contributed by atoms with van der Waals surface area (Å²) >= 11 is 12.9. The van der Waals surface area contributed by atoms with E-state index in [0.29, 0.717) is 51.6 Å². The third-order valence-electron chi connectivity index (χ3n) is 20.5. The van der Waals surface area contributed by atoms with E-state index in [0.717, 1.165) is 132 Å². The molecule has 684 valence electrons. The van der Waals surface area contributed by atoms with Gasteiger partial charge in [-0.25, -0.2) is 16.8 Å². The fraction of sp³-hybridized carbons (Fsp3) is 0.457. The van der Waals surface area contributed by atoms with Crippen LogP contribution in [0.2, 0.25) is 0 Å². The number of anilines is 2. The smallest absolute Gasteiger partial charge is 0.693 e. The minimum Gasteiger partial charge on any atom is -0.693 e. The van der Waals surface area contributed by atoms with E-state index >= 15 is 0 Å². The Kier molecular flexibility index (Phi) is 64.7. The van der Waals surface area contributed by atoms with Crippen molar-refractivity contribution >= 4 is 146 Å². The number of aliphatic carboxylic acids is 2. The zero-order chi connectivity index (χ0) is 80.9. The maximum absolute atomic E-state index is 11.2. The van der Waals surface area contributed by atoms with E-state index in [1.54, 1.807) is 0 Å². The van der Waals surface area contributed by atoms with Crippen molar-refractivity contribution in [2.75, 3.05) is 47.5 Å². The Morgan fingerprint density at radius 3 is 1.03 bits per heavy atom. The summed E-state index contributed by atoms with van der Waals surface area (Å²) in [5, 5.41) is 31.7. The Balaban J connectivity index is -0.000000445. The summed E-state index contributed by atoms with van der Waals surface area (Å²) in [6.45, 7) is 20.8. The second-order valence-corrected chi connectivity index (χ2v) is 42.6. The summed E-state index contributed by atoms with van der Waals surface area (Å²) in [7, 11) is 20.8. The quantitative estimate of drug-likeness (QED) is 0.0135. The Labute approximate surface area is 766 Å². The number of hydrogen-bond acceptors (Lipinski definition) is 12. The van der Waals surface area contributed by atoms with Crippen LogP contribution >= 0.6 is 79.7 Å². The molecule has 4 heterocycles. The summed E-state index contributed by atoms with van der Waals surface area (Å²) in [6.07, 6.45) is 30.2. The Morgan fingerprint density at radius 1 is 0.437 bits per heavy atom. The third kappa shape index (κ3) is 36.0. The van der Waals surface area contributed by atoms with E-state index < -0.39 is 81.6 Å². The molecule has 10 rings (SSSR count). The van der Waals surface area contributed by atoms with Gasteiger partial charge in [0.15, 0.2) is 11.4 Å². The van der Waals surface area contributed by atoms with Gasteiger partial charge in [-0.15, -0.1) is 0 Å². The molecule has 4 aromatic rings. The van der Waals surface area contributed by atoms with Crippen molar-refractivity contribution in [1.29, 1.82) is 0 Å². The molecule has 0 fully saturated rings. The molecule has 0 saturated carbocycles. The van der Waals surface area contributed by atoms with Crippen LogP contribution < -0.4 is 9.80 Å². The zero-order valence-electron chi connectivity index (χ0n) is 67.4. The van der Waals surface area contributed by atoms with Crippen LogP contribution in [-0.4, -0.2) is 133 Å². The van der Waals surface area contributed by atoms with E-state index in [1.165, 1.54) is 45.1 Å². The predicted octanol–water partition coefficient (Wildman–Crippen LogP) is 24.4. The summed E-state index contributed by atoms with van der Waals surface area (Å²) in [5.74, 6) is -2.19. The summed E-state index contributed by atoms with van der Waals surface area (Å²) in [4.78, 5) is 26.5. The third-order valence-corrected chi connectivity index (χ3v) is 23.0. The van der Waals surface area contributed by atoms with Crippen molar-refractivity contribution in [3.63, 3.8) is 0 Å². The van der Waals surface area contributed by atoms with Crippen molar-refractivity contribution in [3.05, 3.63) is 249 Å². The van der Waals surface area contributed by atoms with Crippen molar-refractivity contribution in [1.82, 2.24) is 0 Å². The topological polar surface area (TPSA) is 537 Å². The number of carboxylic acids is 2. The number of carbonyl (C=O) groups is 2. The molecule has 25 nitrogen and oxygen atoms in total. The normalized spacial score (nSPS) is 17.2. The van der Waals surface area contributed by atoms with Gasteiger partial charge in [0.25, 0.3) is 0 Å². The maximum atomic E-state index is 11.2. The number of hydrogen-bond donors (Lipinski definition) is 4. The van der Waals surface area contributed by atoms with Crippen molar-refractivity contribution in [2.45, 2.75) is 200 Å². The fourth-order valence-electron chi connectivity index (χ4n) is 15.2. The van der Waals surface area contributed by atoms with Crippen LogP contribution in [0.5, 0.6) is 0 Å². The van der Waals surface area contributed by atoms with Crippen LogP contribution in [0.3, 0.4) is 0 Å². The van der Waals surface area contributed by atoms with Gasteiger partial charge in [0.2, 0.25) is 11.4 Å². The SMILES string of the molecule is C.CC1(C)C(=CC=C2CCCC(C=CC3=[N+](CCCCCC(=O)O)c4ccccc4C3(C)C)=C2Cl)N(CCCCS(=O)(=O)[O-])c2ccccc21.CC1(C)C(=CC=C2CCCC(C=CC3=[N+](CCCCCC(=O)O)c4ccccc4C3(C)C)=C2Cl)N(CCCCS(=O)(=O)[O-])c2ccccc21.O.O.O.OO.[Cl][Pt+2][Cl].[Cl][Pt+2][Cl].[Cl][Pt+2][Cl].[NH2-].[NH2-].[NH2-].[NH2-].[NH2-].[NH2-]. The number of nitrogens with two attached hydrogens (primary N) is 6. The van der Waals surface area contributed by atoms with Crippen LogP contribution in [0.1, 0.15) is 201 Å². The van der Waals surface area contributed by atoms with Gasteiger partial charge in [-0.1, -0.05) is 155 Å². The molecule has 2 aliphatic carbocycles. The van der Waals surface area contributed by atoms with E-state index in [4.69, 9.17) is 100 Å². The first-order valence-electron chi connectivity index (χ1n) is 35.9. The maximum Gasteiger partial charge on any atom is -0.693 e. The van der Waals surface area contributed by atoms with Crippen LogP contribution in [-0.2, 0) is 101 Å². The average molecular weight is 2410 g/mol. The first-order valence-corrected chi connectivity index (χ1v) is 56.7. The van der Waals surface area contributed by atoms with Gasteiger partial charge in [-0.3, -0.25) is 20.1 Å². The van der Waals surface area contributed by atoms with Gasteiger partial charge >= 0.3 is 118 Å². The van der Waals surface area contributed by atoms with Crippen LogP contribution in [0.15, 0.2) is 189 Å². The first kappa shape index (κ1) is 126. The number of rotatable bonds is 28. The second-order valence-electron chi connectivity index (χ2n) is 29.0. The number of benzene rings is 4. The number of fused-ring (bicyclic) bond motifs is 4. The van der Waals surface area contributed by atoms with Gasteiger partial charge in [-0.05, 0) is 175 Å². The number of nitrogens with zero attached hydrogens (tertiary/aromatic N) is 4. The predicted molar refractivity (Wildman–Crippen MR) is 486 cm³/mol. The molecule has 0 atom stereocenters. The molecule has 6 aliphatic rings. The zero-order valence-corrected chi connectivity index (χ0v) is 81.9. The standard InChI is InChI=1S/2C40H49ClN2O5S.CH4.6ClH.6H2N.H2O2.3H2O.3Pt/c2*1-39(2)31-17-7-9-19-33(31)42(26-11-5-6-21-37(44)45)35(39)24-22-29-15-14-16-30(38(29)41)23-25-36-40(3,4)32-18-8-10-20-34(32)43(36)27-12-13-28-49(46,47)48;;;;;;;;;;;;;;1-2;;;;;;/h2*7-10,17-20,22-25H,5-6,11-16,21,26-28H2,1-4H3,(H-,44,45,46,47,48);1H4;6*1H;6*1H2;1-2H;3*1H2;;;/q;;;;;;;;;6*-1;;;;;3*+4/p-6. The van der Waals surface area contributed by atoms with Gasteiger partial charge in [0.05, 0.1) is 31.1 Å². The summed E-state index contributed by atoms with van der Waals surface area (Å²) < 4.78 is 72.0. The fourth-order valence-corrected chi connectivity index (χ4v) is 17.0. The molecule has 0 saturated heterocycles. The molecule has 4 aromatic carbocycles. The van der Waals surface area contributed by atoms with Crippen LogP contribution in [0.4, 0.5) is 22.7 Å². The Hall–Kier alpha value is -3.56. The molecule has 22 N–H and O–H groups in total. The molecule has 0 aromatic heterocycles. The minimum absolute atomic E-state index is 0. The Morgan fingerprint density at radius 2 is 0.731 bits per heavy atom. The summed E-state index contributed by atoms with van der Waals surface area (Å²) in [5.41, 5.74) is 17.8. The second kappa shape index (κ2) is 61.0. The van der Waals surface area contributed by atoms with Crippen LogP contribution in [0, 0.1) is 0 Å². The molecule has 0 bridgehead atoms. The van der Waals surface area contributed by atoms with E-state index in [9.17, 15) is 35.5 Å². The van der Waals surface area contributed by atoms with Gasteiger partial charge in [0, 0.05) is 129 Å². The van der Waals surface area contributed by atoms with Crippen molar-refractivity contribution < 1.29 is 131 Å².